The van der Waals surface area contributed by atoms with E-state index in [4.69, 9.17) is 4.74 Å². The number of alkyl halides is 3. The van der Waals surface area contributed by atoms with Crippen molar-refractivity contribution in [3.05, 3.63) is 60.7 Å². The van der Waals surface area contributed by atoms with Crippen LogP contribution in [0.3, 0.4) is 0 Å². The average Bonchev–Trinajstić information content (AvgIpc) is 3.32. The molecule has 32 heavy (non-hydrogen) atoms. The lowest BCUT2D eigenvalue weighted by Gasteiger charge is -2.10. The van der Waals surface area contributed by atoms with E-state index in [1.165, 1.54) is 22.9 Å². The molecule has 4 rings (SSSR count). The van der Waals surface area contributed by atoms with Gasteiger partial charge in [0, 0.05) is 30.6 Å². The van der Waals surface area contributed by atoms with E-state index in [-0.39, 0.29) is 5.75 Å². The summed E-state index contributed by atoms with van der Waals surface area (Å²) in [6, 6.07) is 11.0. The fourth-order valence-corrected chi connectivity index (χ4v) is 3.10. The van der Waals surface area contributed by atoms with Crippen molar-refractivity contribution in [2.45, 2.75) is 13.3 Å². The first kappa shape index (κ1) is 21.2. The van der Waals surface area contributed by atoms with Crippen molar-refractivity contribution in [2.24, 2.45) is 7.05 Å². The summed E-state index contributed by atoms with van der Waals surface area (Å²) in [5.41, 5.74) is 2.77. The van der Waals surface area contributed by atoms with Crippen molar-refractivity contribution in [3.8, 4) is 28.6 Å². The molecule has 166 valence electrons. The highest BCUT2D eigenvalue weighted by Crippen LogP contribution is 2.30. The Kier molecular flexibility index (Phi) is 5.47. The molecule has 2 heterocycles. The molecule has 0 saturated heterocycles. The maximum Gasteiger partial charge on any atom is 0.573 e. The van der Waals surface area contributed by atoms with Crippen molar-refractivity contribution >= 4 is 11.6 Å². The number of hydrogen-bond donors (Lipinski definition) is 1. The van der Waals surface area contributed by atoms with E-state index in [2.05, 4.69) is 25.1 Å². The smallest absolute Gasteiger partial charge is 0.495 e. The van der Waals surface area contributed by atoms with Gasteiger partial charge in [0.15, 0.2) is 5.82 Å². The molecule has 0 aliphatic heterocycles. The van der Waals surface area contributed by atoms with Crippen LogP contribution in [0, 0.1) is 6.92 Å². The molecule has 0 amide bonds. The van der Waals surface area contributed by atoms with Gasteiger partial charge in [0.05, 0.1) is 24.8 Å². The first-order valence-corrected chi connectivity index (χ1v) is 9.45. The van der Waals surface area contributed by atoms with Crippen LogP contribution >= 0.6 is 0 Å². The Bertz CT molecular complexity index is 1250. The van der Waals surface area contributed by atoms with Gasteiger partial charge in [0.25, 0.3) is 0 Å². The minimum absolute atomic E-state index is 0.333. The lowest BCUT2D eigenvalue weighted by Crippen LogP contribution is -2.17. The molecule has 0 radical (unpaired) electrons. The summed E-state index contributed by atoms with van der Waals surface area (Å²) in [5, 5.41) is 7.35. The van der Waals surface area contributed by atoms with E-state index < -0.39 is 6.36 Å². The SMILES string of the molecule is COc1cc(-c2nc(Nc3cccc(OC(F)(F)F)c3)n(C)n2)ccc1-n1cnc(C)c1. The zero-order valence-corrected chi connectivity index (χ0v) is 17.4. The third kappa shape index (κ3) is 4.66. The predicted molar refractivity (Wildman–Crippen MR) is 111 cm³/mol. The summed E-state index contributed by atoms with van der Waals surface area (Å²) in [6.45, 7) is 1.90. The topological polar surface area (TPSA) is 79.0 Å². The normalized spacial score (nSPS) is 11.4. The molecule has 0 unspecified atom stereocenters. The number of benzene rings is 2. The second kappa shape index (κ2) is 8.25. The van der Waals surface area contributed by atoms with Gasteiger partial charge in [-0.3, -0.25) is 0 Å². The molecular formula is C21H19F3N6O2. The Labute approximate surface area is 181 Å². The van der Waals surface area contributed by atoms with E-state index in [9.17, 15) is 13.2 Å². The quantitative estimate of drug-likeness (QED) is 0.467. The van der Waals surface area contributed by atoms with Crippen LogP contribution in [0.25, 0.3) is 17.1 Å². The van der Waals surface area contributed by atoms with Gasteiger partial charge in [0.2, 0.25) is 5.95 Å². The zero-order valence-electron chi connectivity index (χ0n) is 17.4. The van der Waals surface area contributed by atoms with Crippen LogP contribution in [-0.4, -0.2) is 37.8 Å². The largest absolute Gasteiger partial charge is 0.573 e. The summed E-state index contributed by atoms with van der Waals surface area (Å²) >= 11 is 0. The van der Waals surface area contributed by atoms with Crippen LogP contribution in [0.2, 0.25) is 0 Å². The number of rotatable bonds is 6. The average molecular weight is 444 g/mol. The fourth-order valence-electron chi connectivity index (χ4n) is 3.10. The van der Waals surface area contributed by atoms with Gasteiger partial charge in [-0.15, -0.1) is 18.3 Å². The van der Waals surface area contributed by atoms with E-state index in [1.807, 2.05) is 35.9 Å². The first-order chi connectivity index (χ1) is 15.2. The van der Waals surface area contributed by atoms with Crippen molar-refractivity contribution in [1.29, 1.82) is 0 Å². The number of hydrogen-bond acceptors (Lipinski definition) is 6. The van der Waals surface area contributed by atoms with Crippen LogP contribution < -0.4 is 14.8 Å². The van der Waals surface area contributed by atoms with Gasteiger partial charge < -0.3 is 19.4 Å². The molecule has 0 saturated carbocycles. The van der Waals surface area contributed by atoms with Gasteiger partial charge in [-0.05, 0) is 37.3 Å². The van der Waals surface area contributed by atoms with Crippen molar-refractivity contribution in [3.63, 3.8) is 0 Å². The molecule has 0 spiro atoms. The fraction of sp³-hybridized carbons (Fsp3) is 0.190. The summed E-state index contributed by atoms with van der Waals surface area (Å²) in [4.78, 5) is 8.69. The standard InChI is InChI=1S/C21H19F3N6O2/c1-13-11-30(12-25-13)17-8-7-14(9-18(17)31-3)19-27-20(29(2)28-19)26-15-5-4-6-16(10-15)32-21(22,23)24/h4-12H,1-3H3,(H,26,27,28). The highest BCUT2D eigenvalue weighted by molar-refractivity contribution is 5.65. The molecule has 2 aromatic heterocycles. The second-order valence-electron chi connectivity index (χ2n) is 6.89. The predicted octanol–water partition coefficient (Wildman–Crippen LogP) is 4.63. The Morgan fingerprint density at radius 3 is 2.59 bits per heavy atom. The molecule has 0 aliphatic rings. The third-order valence-corrected chi connectivity index (χ3v) is 4.51. The molecule has 0 atom stereocenters. The molecule has 0 bridgehead atoms. The number of anilines is 2. The summed E-state index contributed by atoms with van der Waals surface area (Å²) in [6.07, 6.45) is -1.18. The van der Waals surface area contributed by atoms with Gasteiger partial charge in [-0.1, -0.05) is 6.07 Å². The van der Waals surface area contributed by atoms with Crippen molar-refractivity contribution in [2.75, 3.05) is 12.4 Å². The monoisotopic (exact) mass is 444 g/mol. The highest BCUT2D eigenvalue weighted by Gasteiger charge is 2.31. The Hall–Kier alpha value is -4.02. The number of halogens is 3. The van der Waals surface area contributed by atoms with E-state index >= 15 is 0 Å². The molecule has 11 heteroatoms. The summed E-state index contributed by atoms with van der Waals surface area (Å²) in [7, 11) is 3.25. The lowest BCUT2D eigenvalue weighted by atomic mass is 10.1. The van der Waals surface area contributed by atoms with Crippen molar-refractivity contribution < 1.29 is 22.6 Å². The molecule has 4 aromatic rings. The number of nitrogens with zero attached hydrogens (tertiary/aromatic N) is 5. The van der Waals surface area contributed by atoms with Crippen LogP contribution in [-0.2, 0) is 7.05 Å². The minimum atomic E-state index is -4.77. The van der Waals surface area contributed by atoms with Crippen LogP contribution in [0.1, 0.15) is 5.69 Å². The highest BCUT2D eigenvalue weighted by atomic mass is 19.4. The van der Waals surface area contributed by atoms with E-state index in [0.717, 1.165) is 11.4 Å². The summed E-state index contributed by atoms with van der Waals surface area (Å²) in [5.74, 6) is 1.04. The van der Waals surface area contributed by atoms with Crippen molar-refractivity contribution in [1.82, 2.24) is 24.3 Å². The van der Waals surface area contributed by atoms with Crippen LogP contribution in [0.5, 0.6) is 11.5 Å². The summed E-state index contributed by atoms with van der Waals surface area (Å²) < 4.78 is 50.2. The number of ether oxygens (including phenoxy) is 2. The Morgan fingerprint density at radius 1 is 1.09 bits per heavy atom. The number of nitrogens with one attached hydrogen (secondary N) is 1. The number of aryl methyl sites for hydroxylation is 2. The Morgan fingerprint density at radius 2 is 1.91 bits per heavy atom. The van der Waals surface area contributed by atoms with E-state index in [0.29, 0.717) is 28.8 Å². The van der Waals surface area contributed by atoms with Gasteiger partial charge in [-0.2, -0.15) is 4.98 Å². The first-order valence-electron chi connectivity index (χ1n) is 9.45. The molecule has 0 aliphatic carbocycles. The molecular weight excluding hydrogens is 425 g/mol. The molecule has 8 nitrogen and oxygen atoms in total. The second-order valence-corrected chi connectivity index (χ2v) is 6.89. The number of aromatic nitrogens is 5. The molecule has 0 fully saturated rings. The Balaban J connectivity index is 1.59. The number of imidazole rings is 1. The van der Waals surface area contributed by atoms with Gasteiger partial charge in [0.1, 0.15) is 11.5 Å². The molecule has 1 N–H and O–H groups in total. The third-order valence-electron chi connectivity index (χ3n) is 4.51. The van der Waals surface area contributed by atoms with E-state index in [1.54, 1.807) is 26.6 Å². The lowest BCUT2D eigenvalue weighted by molar-refractivity contribution is -0.274. The zero-order chi connectivity index (χ0) is 22.9. The van der Waals surface area contributed by atoms with Crippen LogP contribution in [0.15, 0.2) is 55.0 Å². The minimum Gasteiger partial charge on any atom is -0.495 e. The maximum absolute atomic E-state index is 12.5. The molecule has 2 aromatic carbocycles. The van der Waals surface area contributed by atoms with Gasteiger partial charge >= 0.3 is 6.36 Å². The maximum atomic E-state index is 12.5. The van der Waals surface area contributed by atoms with Crippen LogP contribution in [0.4, 0.5) is 24.8 Å². The number of methoxy groups -OCH3 is 1. The van der Waals surface area contributed by atoms with Gasteiger partial charge in [-0.25, -0.2) is 9.67 Å².